The fourth-order valence-corrected chi connectivity index (χ4v) is 0.941. The van der Waals surface area contributed by atoms with E-state index in [0.29, 0.717) is 0 Å². The van der Waals surface area contributed by atoms with Gasteiger partial charge in [-0.05, 0) is 12.1 Å². The summed E-state index contributed by atoms with van der Waals surface area (Å²) in [7, 11) is -4.63. The van der Waals surface area contributed by atoms with E-state index in [0.717, 1.165) is 0 Å². The lowest BCUT2D eigenvalue weighted by atomic mass is 10.3. The smallest absolute Gasteiger partial charge is 0.262 e. The SMILES string of the molecule is O=S(=O)([O-])Oc1ccccc1. The van der Waals surface area contributed by atoms with Crippen LogP contribution in [0, 0.1) is 0 Å². The molecule has 0 aliphatic rings. The normalized spacial score (nSPS) is 11.0. The number of benzene rings is 1. The zero-order chi connectivity index (χ0) is 8.32. The third-order valence-corrected chi connectivity index (χ3v) is 1.34. The molecule has 0 saturated carbocycles. The van der Waals surface area contributed by atoms with Crippen LogP contribution < -0.4 is 4.18 Å². The molecular formula is C6H5O4S-. The summed E-state index contributed by atoms with van der Waals surface area (Å²) in [6.45, 7) is 0. The van der Waals surface area contributed by atoms with Gasteiger partial charge in [0.15, 0.2) is 0 Å². The fourth-order valence-electron chi connectivity index (χ4n) is 0.594. The van der Waals surface area contributed by atoms with Crippen LogP contribution in [-0.4, -0.2) is 13.0 Å². The van der Waals surface area contributed by atoms with Crippen molar-refractivity contribution in [2.45, 2.75) is 0 Å². The van der Waals surface area contributed by atoms with Crippen molar-refractivity contribution in [1.82, 2.24) is 0 Å². The highest BCUT2D eigenvalue weighted by Crippen LogP contribution is 2.09. The first-order valence-electron chi connectivity index (χ1n) is 2.78. The van der Waals surface area contributed by atoms with E-state index >= 15 is 0 Å². The summed E-state index contributed by atoms with van der Waals surface area (Å²) in [5, 5.41) is 0. The maximum absolute atomic E-state index is 10.0. The minimum atomic E-state index is -4.63. The molecule has 1 rings (SSSR count). The fraction of sp³-hybridized carbons (Fsp3) is 0. The lowest BCUT2D eigenvalue weighted by molar-refractivity contribution is 0.372. The van der Waals surface area contributed by atoms with Crippen LogP contribution in [0.5, 0.6) is 5.75 Å². The van der Waals surface area contributed by atoms with Crippen molar-refractivity contribution in [2.24, 2.45) is 0 Å². The molecule has 0 saturated heterocycles. The number of hydrogen-bond donors (Lipinski definition) is 0. The molecule has 11 heavy (non-hydrogen) atoms. The molecule has 0 aliphatic carbocycles. The van der Waals surface area contributed by atoms with Gasteiger partial charge in [0.2, 0.25) is 0 Å². The van der Waals surface area contributed by atoms with E-state index < -0.39 is 10.4 Å². The van der Waals surface area contributed by atoms with E-state index in [4.69, 9.17) is 0 Å². The average molecular weight is 173 g/mol. The van der Waals surface area contributed by atoms with E-state index in [9.17, 15) is 13.0 Å². The number of para-hydroxylation sites is 1. The highest BCUT2D eigenvalue weighted by molar-refractivity contribution is 7.81. The van der Waals surface area contributed by atoms with Crippen LogP contribution in [0.15, 0.2) is 30.3 Å². The topological polar surface area (TPSA) is 66.4 Å². The Morgan fingerprint density at radius 3 is 2.18 bits per heavy atom. The molecule has 0 aromatic heterocycles. The lowest BCUT2D eigenvalue weighted by Crippen LogP contribution is -2.06. The van der Waals surface area contributed by atoms with Crippen LogP contribution in [0.4, 0.5) is 0 Å². The van der Waals surface area contributed by atoms with Crippen LogP contribution in [0.1, 0.15) is 0 Å². The largest absolute Gasteiger partial charge is 0.716 e. The molecule has 0 unspecified atom stereocenters. The van der Waals surface area contributed by atoms with Crippen molar-refractivity contribution in [3.63, 3.8) is 0 Å². The van der Waals surface area contributed by atoms with Gasteiger partial charge in [-0.15, -0.1) is 0 Å². The molecule has 0 bridgehead atoms. The second-order valence-corrected chi connectivity index (χ2v) is 2.79. The maximum Gasteiger partial charge on any atom is 0.262 e. The molecule has 0 atom stereocenters. The van der Waals surface area contributed by atoms with Crippen molar-refractivity contribution in [2.75, 3.05) is 0 Å². The molecule has 0 radical (unpaired) electrons. The first kappa shape index (κ1) is 8.03. The molecule has 0 spiro atoms. The van der Waals surface area contributed by atoms with Gasteiger partial charge in [-0.2, -0.15) is 0 Å². The van der Waals surface area contributed by atoms with Crippen LogP contribution in [0.2, 0.25) is 0 Å². The highest BCUT2D eigenvalue weighted by atomic mass is 32.3. The Hall–Kier alpha value is -1.07. The van der Waals surface area contributed by atoms with Gasteiger partial charge in [0, 0.05) is 0 Å². The van der Waals surface area contributed by atoms with Gasteiger partial charge in [-0.1, -0.05) is 18.2 Å². The predicted octanol–water partition coefficient (Wildman–Crippen LogP) is 0.526. The molecule has 0 N–H and O–H groups in total. The van der Waals surface area contributed by atoms with Gasteiger partial charge in [0.25, 0.3) is 10.4 Å². The van der Waals surface area contributed by atoms with E-state index in [1.165, 1.54) is 12.1 Å². The molecule has 4 nitrogen and oxygen atoms in total. The zero-order valence-electron chi connectivity index (χ0n) is 5.43. The quantitative estimate of drug-likeness (QED) is 0.483. The lowest BCUT2D eigenvalue weighted by Gasteiger charge is -2.07. The third kappa shape index (κ3) is 3.01. The highest BCUT2D eigenvalue weighted by Gasteiger charge is 1.95. The summed E-state index contributed by atoms with van der Waals surface area (Å²) in [6.07, 6.45) is 0. The summed E-state index contributed by atoms with van der Waals surface area (Å²) < 4.78 is 34.1. The van der Waals surface area contributed by atoms with Gasteiger partial charge in [0.05, 0.1) is 0 Å². The molecular weight excluding hydrogens is 168 g/mol. The minimum Gasteiger partial charge on any atom is -0.716 e. The minimum absolute atomic E-state index is 0.0301. The Bertz CT molecular complexity index is 316. The Morgan fingerprint density at radius 1 is 1.18 bits per heavy atom. The Kier molecular flexibility index (Phi) is 2.11. The van der Waals surface area contributed by atoms with Crippen LogP contribution >= 0.6 is 0 Å². The van der Waals surface area contributed by atoms with Gasteiger partial charge in [-0.25, -0.2) is 8.42 Å². The van der Waals surface area contributed by atoms with E-state index in [1.807, 2.05) is 0 Å². The first-order chi connectivity index (χ1) is 5.08. The standard InChI is InChI=1S/C6H6O4S/c7-11(8,9)10-6-4-2-1-3-5-6/h1-5H,(H,7,8,9)/p-1. The molecule has 0 fully saturated rings. The third-order valence-electron chi connectivity index (χ3n) is 0.941. The summed E-state index contributed by atoms with van der Waals surface area (Å²) >= 11 is 0. The predicted molar refractivity (Wildman–Crippen MR) is 36.8 cm³/mol. The first-order valence-corrected chi connectivity index (χ1v) is 4.11. The Labute approximate surface area is 64.4 Å². The Morgan fingerprint density at radius 2 is 1.73 bits per heavy atom. The second-order valence-electron chi connectivity index (χ2n) is 1.80. The van der Waals surface area contributed by atoms with E-state index in [1.54, 1.807) is 18.2 Å². The van der Waals surface area contributed by atoms with Gasteiger partial charge >= 0.3 is 0 Å². The van der Waals surface area contributed by atoms with Crippen molar-refractivity contribution in [3.8, 4) is 5.75 Å². The molecule has 0 amide bonds. The molecule has 5 heteroatoms. The molecule has 1 aromatic carbocycles. The van der Waals surface area contributed by atoms with Crippen molar-refractivity contribution >= 4 is 10.4 Å². The van der Waals surface area contributed by atoms with Crippen molar-refractivity contribution < 1.29 is 17.2 Å². The summed E-state index contributed by atoms with van der Waals surface area (Å²) in [6, 6.07) is 7.59. The van der Waals surface area contributed by atoms with Crippen LogP contribution in [0.3, 0.4) is 0 Å². The molecule has 60 valence electrons. The van der Waals surface area contributed by atoms with Gasteiger partial charge in [-0.3, -0.25) is 0 Å². The number of hydrogen-bond acceptors (Lipinski definition) is 4. The average Bonchev–Trinajstić information content (AvgIpc) is 1.85. The van der Waals surface area contributed by atoms with Gasteiger partial charge < -0.3 is 8.74 Å². The monoisotopic (exact) mass is 173 g/mol. The molecule has 0 aliphatic heterocycles. The number of rotatable bonds is 2. The van der Waals surface area contributed by atoms with Crippen LogP contribution in [-0.2, 0) is 10.4 Å². The van der Waals surface area contributed by atoms with Crippen molar-refractivity contribution in [3.05, 3.63) is 30.3 Å². The summed E-state index contributed by atoms with van der Waals surface area (Å²) in [5.41, 5.74) is 0. The molecule has 0 heterocycles. The maximum atomic E-state index is 10.0. The summed E-state index contributed by atoms with van der Waals surface area (Å²) in [5.74, 6) is 0.0301. The zero-order valence-corrected chi connectivity index (χ0v) is 6.24. The summed E-state index contributed by atoms with van der Waals surface area (Å²) in [4.78, 5) is 0. The molecule has 1 aromatic rings. The van der Waals surface area contributed by atoms with E-state index in [-0.39, 0.29) is 5.75 Å². The van der Waals surface area contributed by atoms with Crippen molar-refractivity contribution in [1.29, 1.82) is 0 Å². The van der Waals surface area contributed by atoms with E-state index in [2.05, 4.69) is 4.18 Å². The Balaban J connectivity index is 2.82. The second kappa shape index (κ2) is 2.89. The van der Waals surface area contributed by atoms with Gasteiger partial charge in [0.1, 0.15) is 5.75 Å². The van der Waals surface area contributed by atoms with Crippen LogP contribution in [0.25, 0.3) is 0 Å².